The third-order valence-corrected chi connectivity index (χ3v) is 6.54. The maximum Gasteiger partial charge on any atom is 0.435 e. The maximum absolute atomic E-state index is 12.9. The van der Waals surface area contributed by atoms with Gasteiger partial charge in [-0.2, -0.15) is 18.3 Å². The van der Waals surface area contributed by atoms with E-state index in [1.165, 1.54) is 8.99 Å². The van der Waals surface area contributed by atoms with E-state index < -0.39 is 21.9 Å². The Morgan fingerprint density at radius 1 is 1.25 bits per heavy atom. The molecule has 2 heterocycles. The molecule has 0 radical (unpaired) electrons. The molecule has 1 aliphatic heterocycles. The van der Waals surface area contributed by atoms with Crippen molar-refractivity contribution < 1.29 is 26.4 Å². The SMILES string of the molecule is CS(=O)(=O)N1CCC(C(=O)NCCCn2nc(C(F)(F)F)cc2C2CC2)CC1. The Hall–Kier alpha value is -1.62. The quantitative estimate of drug-likeness (QED) is 0.681. The molecule has 1 aromatic rings. The van der Waals surface area contributed by atoms with Crippen LogP contribution in [0.15, 0.2) is 6.07 Å². The topological polar surface area (TPSA) is 84.3 Å². The molecule has 7 nitrogen and oxygen atoms in total. The molecule has 158 valence electrons. The molecule has 11 heteroatoms. The number of alkyl halides is 3. The molecule has 0 unspecified atom stereocenters. The first-order valence-electron chi connectivity index (χ1n) is 9.43. The van der Waals surface area contributed by atoms with Crippen molar-refractivity contribution in [2.75, 3.05) is 25.9 Å². The van der Waals surface area contributed by atoms with Crippen molar-refractivity contribution in [2.24, 2.45) is 5.92 Å². The van der Waals surface area contributed by atoms with Gasteiger partial charge in [-0.3, -0.25) is 9.48 Å². The molecule has 0 spiro atoms. The number of nitrogens with one attached hydrogen (secondary N) is 1. The Bertz CT molecular complexity index is 810. The minimum atomic E-state index is -4.45. The Morgan fingerprint density at radius 2 is 1.89 bits per heavy atom. The summed E-state index contributed by atoms with van der Waals surface area (Å²) in [5.41, 5.74) is -0.247. The molecule has 28 heavy (non-hydrogen) atoms. The van der Waals surface area contributed by atoms with Gasteiger partial charge in [0, 0.05) is 43.7 Å². The molecule has 1 N–H and O–H groups in total. The highest BCUT2D eigenvalue weighted by Crippen LogP contribution is 2.42. The van der Waals surface area contributed by atoms with Gasteiger partial charge in [0.15, 0.2) is 5.69 Å². The Kier molecular flexibility index (Phi) is 6.04. The first-order chi connectivity index (χ1) is 13.1. The summed E-state index contributed by atoms with van der Waals surface area (Å²) in [4.78, 5) is 12.2. The fraction of sp³-hybridized carbons (Fsp3) is 0.765. The third kappa shape index (κ3) is 5.25. The third-order valence-electron chi connectivity index (χ3n) is 5.24. The first kappa shape index (κ1) is 21.1. The van der Waals surface area contributed by atoms with E-state index in [0.29, 0.717) is 51.1 Å². The van der Waals surface area contributed by atoms with Crippen molar-refractivity contribution in [3.63, 3.8) is 0 Å². The molecular formula is C17H25F3N4O3S. The number of piperidine rings is 1. The van der Waals surface area contributed by atoms with Crippen LogP contribution in [0.1, 0.15) is 49.4 Å². The summed E-state index contributed by atoms with van der Waals surface area (Å²) in [6.45, 7) is 1.31. The number of amides is 1. The smallest absolute Gasteiger partial charge is 0.356 e. The van der Waals surface area contributed by atoms with Gasteiger partial charge in [0.1, 0.15) is 0 Å². The molecule has 1 saturated heterocycles. The zero-order chi connectivity index (χ0) is 20.5. The van der Waals surface area contributed by atoms with Crippen molar-refractivity contribution in [3.8, 4) is 0 Å². The van der Waals surface area contributed by atoms with E-state index in [2.05, 4.69) is 10.4 Å². The maximum atomic E-state index is 12.9. The molecule has 3 rings (SSSR count). The van der Waals surface area contributed by atoms with E-state index in [4.69, 9.17) is 0 Å². The van der Waals surface area contributed by atoms with Crippen LogP contribution in [-0.2, 0) is 27.5 Å². The van der Waals surface area contributed by atoms with E-state index >= 15 is 0 Å². The second kappa shape index (κ2) is 8.02. The van der Waals surface area contributed by atoms with Crippen LogP contribution in [0.5, 0.6) is 0 Å². The van der Waals surface area contributed by atoms with Crippen LogP contribution in [0.4, 0.5) is 13.2 Å². The first-order valence-corrected chi connectivity index (χ1v) is 11.3. The number of halogens is 3. The summed E-state index contributed by atoms with van der Waals surface area (Å²) >= 11 is 0. The van der Waals surface area contributed by atoms with Crippen molar-refractivity contribution in [3.05, 3.63) is 17.5 Å². The van der Waals surface area contributed by atoms with Gasteiger partial charge in [0.2, 0.25) is 15.9 Å². The highest BCUT2D eigenvalue weighted by molar-refractivity contribution is 7.88. The van der Waals surface area contributed by atoms with Gasteiger partial charge < -0.3 is 5.32 Å². The van der Waals surface area contributed by atoms with Gasteiger partial charge in [-0.05, 0) is 38.2 Å². The fourth-order valence-electron chi connectivity index (χ4n) is 3.49. The minimum Gasteiger partial charge on any atom is -0.356 e. The molecule has 0 bridgehead atoms. The summed E-state index contributed by atoms with van der Waals surface area (Å²) in [7, 11) is -3.23. The van der Waals surface area contributed by atoms with Crippen molar-refractivity contribution in [1.29, 1.82) is 0 Å². The number of sulfonamides is 1. The van der Waals surface area contributed by atoms with Crippen LogP contribution < -0.4 is 5.32 Å². The summed E-state index contributed by atoms with van der Waals surface area (Å²) in [5.74, 6) is -0.216. The van der Waals surface area contributed by atoms with Gasteiger partial charge in [-0.25, -0.2) is 12.7 Å². The predicted octanol–water partition coefficient (Wildman–Crippen LogP) is 1.96. The van der Waals surface area contributed by atoms with Gasteiger partial charge in [0.05, 0.1) is 6.26 Å². The number of carbonyl (C=O) groups excluding carboxylic acids is 1. The largest absolute Gasteiger partial charge is 0.435 e. The highest BCUT2D eigenvalue weighted by atomic mass is 32.2. The molecule has 1 saturated carbocycles. The lowest BCUT2D eigenvalue weighted by molar-refractivity contribution is -0.141. The second-order valence-corrected chi connectivity index (χ2v) is 9.51. The highest BCUT2D eigenvalue weighted by Gasteiger charge is 2.37. The zero-order valence-electron chi connectivity index (χ0n) is 15.7. The molecule has 1 aromatic heterocycles. The molecule has 0 aromatic carbocycles. The van der Waals surface area contributed by atoms with Crippen LogP contribution in [-0.4, -0.2) is 54.3 Å². The molecular weight excluding hydrogens is 397 g/mol. The van der Waals surface area contributed by atoms with Crippen LogP contribution in [0.2, 0.25) is 0 Å². The number of nitrogens with zero attached hydrogens (tertiary/aromatic N) is 3. The molecule has 2 aliphatic rings. The van der Waals surface area contributed by atoms with Crippen molar-refractivity contribution in [2.45, 2.75) is 50.7 Å². The monoisotopic (exact) mass is 422 g/mol. The van der Waals surface area contributed by atoms with Gasteiger partial charge in [0.25, 0.3) is 0 Å². The van der Waals surface area contributed by atoms with E-state index in [1.54, 1.807) is 0 Å². The number of aryl methyl sites for hydroxylation is 1. The average molecular weight is 422 g/mol. The van der Waals surface area contributed by atoms with E-state index in [9.17, 15) is 26.4 Å². The van der Waals surface area contributed by atoms with Crippen LogP contribution >= 0.6 is 0 Å². The van der Waals surface area contributed by atoms with E-state index in [-0.39, 0.29) is 17.7 Å². The van der Waals surface area contributed by atoms with E-state index in [0.717, 1.165) is 25.2 Å². The summed E-state index contributed by atoms with van der Waals surface area (Å²) < 4.78 is 64.5. The minimum absolute atomic E-state index is 0.132. The Balaban J connectivity index is 1.45. The molecule has 2 fully saturated rings. The predicted molar refractivity (Wildman–Crippen MR) is 96.0 cm³/mol. The lowest BCUT2D eigenvalue weighted by atomic mass is 9.97. The van der Waals surface area contributed by atoms with Crippen LogP contribution in [0.3, 0.4) is 0 Å². The normalized spacial score (nSPS) is 19.7. The zero-order valence-corrected chi connectivity index (χ0v) is 16.5. The summed E-state index contributed by atoms with van der Waals surface area (Å²) in [6.07, 6.45) is -0.116. The van der Waals surface area contributed by atoms with Crippen molar-refractivity contribution >= 4 is 15.9 Å². The van der Waals surface area contributed by atoms with Gasteiger partial charge >= 0.3 is 6.18 Å². The van der Waals surface area contributed by atoms with Crippen LogP contribution in [0, 0.1) is 5.92 Å². The number of aromatic nitrogens is 2. The number of hydrogen-bond donors (Lipinski definition) is 1. The van der Waals surface area contributed by atoms with Gasteiger partial charge in [-0.15, -0.1) is 0 Å². The number of carbonyl (C=O) groups is 1. The molecule has 0 atom stereocenters. The molecule has 1 aliphatic carbocycles. The second-order valence-electron chi connectivity index (χ2n) is 7.53. The van der Waals surface area contributed by atoms with E-state index in [1.807, 2.05) is 0 Å². The standard InChI is InChI=1S/C17H25F3N4O3S/c1-28(26,27)23-9-5-13(6-10-23)16(25)21-7-2-8-24-14(12-3-4-12)11-15(22-24)17(18,19)20/h11-13H,2-10H2,1H3,(H,21,25). The average Bonchev–Trinajstić information content (AvgIpc) is 3.36. The lowest BCUT2D eigenvalue weighted by Gasteiger charge is -2.29. The van der Waals surface area contributed by atoms with Gasteiger partial charge in [-0.1, -0.05) is 0 Å². The van der Waals surface area contributed by atoms with Crippen molar-refractivity contribution in [1.82, 2.24) is 19.4 Å². The number of hydrogen-bond acceptors (Lipinski definition) is 4. The lowest BCUT2D eigenvalue weighted by Crippen LogP contribution is -2.42. The summed E-state index contributed by atoms with van der Waals surface area (Å²) in [6, 6.07) is 1.13. The summed E-state index contributed by atoms with van der Waals surface area (Å²) in [5, 5.41) is 6.50. The Morgan fingerprint density at radius 3 is 2.43 bits per heavy atom. The van der Waals surface area contributed by atoms with Crippen LogP contribution in [0.25, 0.3) is 0 Å². The fourth-order valence-corrected chi connectivity index (χ4v) is 4.37. The Labute approximate surface area is 162 Å². The number of rotatable bonds is 7. The molecule has 1 amide bonds.